The van der Waals surface area contributed by atoms with Crippen LogP contribution < -0.4 is 0 Å². The Morgan fingerprint density at radius 1 is 1.23 bits per heavy atom. The molecular weight excluding hydrogens is 280 g/mol. The highest BCUT2D eigenvalue weighted by Crippen LogP contribution is 2.24. The van der Waals surface area contributed by atoms with Gasteiger partial charge in [0, 0.05) is 6.20 Å². The Morgan fingerprint density at radius 3 is 2.86 bits per heavy atom. The van der Waals surface area contributed by atoms with E-state index in [1.54, 1.807) is 16.7 Å². The molecule has 0 aliphatic carbocycles. The summed E-state index contributed by atoms with van der Waals surface area (Å²) in [5, 5.41) is 17.4. The Balaban J connectivity index is 2.06. The second-order valence-corrected chi connectivity index (χ2v) is 4.92. The fraction of sp³-hybridized carbons (Fsp3) is 0.125. The van der Waals surface area contributed by atoms with Crippen LogP contribution in [-0.2, 0) is 11.2 Å². The Morgan fingerprint density at radius 2 is 2.09 bits per heavy atom. The average molecular weight is 294 g/mol. The quantitative estimate of drug-likeness (QED) is 0.745. The molecule has 3 rings (SSSR count). The highest BCUT2D eigenvalue weighted by atomic mass is 16.4. The molecule has 0 aliphatic rings. The predicted octanol–water partition coefficient (Wildman–Crippen LogP) is 3.69. The van der Waals surface area contributed by atoms with Crippen molar-refractivity contribution < 1.29 is 9.90 Å². The number of aromatic nitrogens is 2. The fourth-order valence-corrected chi connectivity index (χ4v) is 2.19. The van der Waals surface area contributed by atoms with Gasteiger partial charge in [0.2, 0.25) is 0 Å². The highest BCUT2D eigenvalue weighted by Gasteiger charge is 2.14. The van der Waals surface area contributed by atoms with Crippen molar-refractivity contribution in [1.29, 1.82) is 0 Å². The molecule has 0 radical (unpaired) electrons. The van der Waals surface area contributed by atoms with E-state index >= 15 is 0 Å². The van der Waals surface area contributed by atoms with Crippen LogP contribution in [0.4, 0.5) is 11.5 Å². The zero-order chi connectivity index (χ0) is 15.5. The number of imidazole rings is 1. The van der Waals surface area contributed by atoms with Gasteiger partial charge in [-0.2, -0.15) is 0 Å². The third kappa shape index (κ3) is 2.85. The van der Waals surface area contributed by atoms with E-state index in [0.29, 0.717) is 22.8 Å². The summed E-state index contributed by atoms with van der Waals surface area (Å²) in [6.45, 7) is 1.98. The largest absolute Gasteiger partial charge is 0.481 e. The van der Waals surface area contributed by atoms with Gasteiger partial charge in [-0.1, -0.05) is 18.2 Å². The number of hydrogen-bond donors (Lipinski definition) is 1. The summed E-state index contributed by atoms with van der Waals surface area (Å²) in [5.41, 5.74) is 2.85. The first-order valence-corrected chi connectivity index (χ1v) is 6.79. The van der Waals surface area contributed by atoms with Crippen LogP contribution in [-0.4, -0.2) is 20.5 Å². The van der Waals surface area contributed by atoms with Crippen molar-refractivity contribution in [3.8, 4) is 0 Å². The molecule has 0 unspecified atom stereocenters. The monoisotopic (exact) mass is 294 g/mol. The summed E-state index contributed by atoms with van der Waals surface area (Å²) in [4.78, 5) is 15.3. The molecule has 0 bridgehead atoms. The summed E-state index contributed by atoms with van der Waals surface area (Å²) in [7, 11) is 0. The smallest absolute Gasteiger partial charge is 0.309 e. The maximum Gasteiger partial charge on any atom is 0.309 e. The van der Waals surface area contributed by atoms with E-state index in [1.807, 2.05) is 43.3 Å². The van der Waals surface area contributed by atoms with Crippen LogP contribution in [0, 0.1) is 6.92 Å². The minimum Gasteiger partial charge on any atom is -0.481 e. The number of benzene rings is 1. The second-order valence-electron chi connectivity index (χ2n) is 4.92. The molecule has 1 aromatic carbocycles. The summed E-state index contributed by atoms with van der Waals surface area (Å²) >= 11 is 0. The normalized spacial score (nSPS) is 11.3. The summed E-state index contributed by atoms with van der Waals surface area (Å²) < 4.78 is 1.73. The van der Waals surface area contributed by atoms with E-state index in [4.69, 9.17) is 5.11 Å². The number of azo groups is 1. The van der Waals surface area contributed by atoms with Gasteiger partial charge in [0.1, 0.15) is 5.65 Å². The lowest BCUT2D eigenvalue weighted by molar-refractivity contribution is -0.136. The molecule has 2 aromatic heterocycles. The zero-order valence-electron chi connectivity index (χ0n) is 12.0. The van der Waals surface area contributed by atoms with Crippen LogP contribution in [0.3, 0.4) is 0 Å². The zero-order valence-corrected chi connectivity index (χ0v) is 12.0. The maximum absolute atomic E-state index is 11.0. The highest BCUT2D eigenvalue weighted by molar-refractivity contribution is 5.72. The van der Waals surface area contributed by atoms with Crippen LogP contribution in [0.5, 0.6) is 0 Å². The molecule has 0 atom stereocenters. The van der Waals surface area contributed by atoms with Gasteiger partial charge in [-0.25, -0.2) is 4.98 Å². The summed E-state index contributed by atoms with van der Waals surface area (Å²) in [6, 6.07) is 13.1. The van der Waals surface area contributed by atoms with Crippen molar-refractivity contribution in [3.05, 3.63) is 59.9 Å². The number of rotatable bonds is 4. The van der Waals surface area contributed by atoms with E-state index in [1.165, 1.54) is 0 Å². The van der Waals surface area contributed by atoms with Crippen LogP contribution in [0.1, 0.15) is 11.3 Å². The molecule has 0 saturated carbocycles. The predicted molar refractivity (Wildman–Crippen MR) is 81.9 cm³/mol. The van der Waals surface area contributed by atoms with Crippen molar-refractivity contribution >= 4 is 23.1 Å². The number of aryl methyl sites for hydroxylation is 1. The second kappa shape index (κ2) is 5.77. The van der Waals surface area contributed by atoms with Crippen LogP contribution >= 0.6 is 0 Å². The molecule has 2 heterocycles. The third-order valence-electron chi connectivity index (χ3n) is 3.15. The summed E-state index contributed by atoms with van der Waals surface area (Å²) in [6.07, 6.45) is 1.60. The number of aliphatic carboxylic acids is 1. The van der Waals surface area contributed by atoms with Crippen LogP contribution in [0.25, 0.3) is 5.65 Å². The first-order valence-electron chi connectivity index (χ1n) is 6.79. The number of nitrogens with zero attached hydrogens (tertiary/aromatic N) is 4. The van der Waals surface area contributed by atoms with Gasteiger partial charge in [0.05, 0.1) is 17.8 Å². The molecule has 0 amide bonds. The SMILES string of the molecule is Cc1cccc(N=Nc2c(CC(=O)O)nc3ccccn23)c1. The van der Waals surface area contributed by atoms with Crippen LogP contribution in [0.15, 0.2) is 58.9 Å². The number of carboxylic acid groups (broad SMARTS) is 1. The molecule has 0 fully saturated rings. The van der Waals surface area contributed by atoms with E-state index in [-0.39, 0.29) is 6.42 Å². The van der Waals surface area contributed by atoms with Gasteiger partial charge in [0.25, 0.3) is 0 Å². The van der Waals surface area contributed by atoms with Gasteiger partial charge >= 0.3 is 5.97 Å². The first-order chi connectivity index (χ1) is 10.6. The number of pyridine rings is 1. The molecule has 1 N–H and O–H groups in total. The molecule has 6 nitrogen and oxygen atoms in total. The molecular formula is C16H14N4O2. The Labute approximate surface area is 126 Å². The third-order valence-corrected chi connectivity index (χ3v) is 3.15. The van der Waals surface area contributed by atoms with Crippen LogP contribution in [0.2, 0.25) is 0 Å². The lowest BCUT2D eigenvalue weighted by Gasteiger charge is -1.97. The molecule has 22 heavy (non-hydrogen) atoms. The van der Waals surface area contributed by atoms with Gasteiger partial charge < -0.3 is 5.11 Å². The number of carboxylic acids is 1. The summed E-state index contributed by atoms with van der Waals surface area (Å²) in [5.74, 6) is -0.505. The van der Waals surface area contributed by atoms with E-state index in [9.17, 15) is 4.79 Å². The number of fused-ring (bicyclic) bond motifs is 1. The van der Waals surface area contributed by atoms with Crippen molar-refractivity contribution in [2.24, 2.45) is 10.2 Å². The van der Waals surface area contributed by atoms with E-state index in [0.717, 1.165) is 5.56 Å². The molecule has 0 spiro atoms. The topological polar surface area (TPSA) is 79.3 Å². The molecule has 3 aromatic rings. The van der Waals surface area contributed by atoms with Crippen molar-refractivity contribution in [2.45, 2.75) is 13.3 Å². The minimum absolute atomic E-state index is 0.191. The Kier molecular flexibility index (Phi) is 3.65. The molecule has 6 heteroatoms. The minimum atomic E-state index is -0.949. The molecule has 110 valence electrons. The standard InChI is InChI=1S/C16H14N4O2/c1-11-5-4-6-12(9-11)18-19-16-13(10-15(21)22)17-14-7-2-3-8-20(14)16/h2-9H,10H2,1H3,(H,21,22). The molecule has 0 saturated heterocycles. The lowest BCUT2D eigenvalue weighted by atomic mass is 10.2. The van der Waals surface area contributed by atoms with Gasteiger partial charge in [0.15, 0.2) is 5.82 Å². The maximum atomic E-state index is 11.0. The average Bonchev–Trinajstić information content (AvgIpc) is 2.81. The molecule has 0 aliphatic heterocycles. The number of hydrogen-bond acceptors (Lipinski definition) is 4. The number of carbonyl (C=O) groups is 1. The fourth-order valence-electron chi connectivity index (χ4n) is 2.19. The van der Waals surface area contributed by atoms with Gasteiger partial charge in [-0.15, -0.1) is 10.2 Å². The Bertz CT molecular complexity index is 867. The first kappa shape index (κ1) is 13.9. The van der Waals surface area contributed by atoms with E-state index in [2.05, 4.69) is 15.2 Å². The lowest BCUT2D eigenvalue weighted by Crippen LogP contribution is -2.00. The van der Waals surface area contributed by atoms with Gasteiger partial charge in [-0.05, 0) is 36.8 Å². The van der Waals surface area contributed by atoms with Crippen molar-refractivity contribution in [2.75, 3.05) is 0 Å². The van der Waals surface area contributed by atoms with Gasteiger partial charge in [-0.3, -0.25) is 9.20 Å². The van der Waals surface area contributed by atoms with Crippen molar-refractivity contribution in [3.63, 3.8) is 0 Å². The van der Waals surface area contributed by atoms with E-state index < -0.39 is 5.97 Å². The Hall–Kier alpha value is -3.02. The van der Waals surface area contributed by atoms with Crippen molar-refractivity contribution in [1.82, 2.24) is 9.38 Å².